The van der Waals surface area contributed by atoms with Gasteiger partial charge in [-0.15, -0.1) is 0 Å². The van der Waals surface area contributed by atoms with Gasteiger partial charge < -0.3 is 14.8 Å². The molecular formula is C18H24N4O4. The lowest BCUT2D eigenvalue weighted by atomic mass is 10.2. The molecule has 0 radical (unpaired) electrons. The maximum atomic E-state index is 12.4. The molecule has 0 unspecified atom stereocenters. The fourth-order valence-corrected chi connectivity index (χ4v) is 3.11. The molecule has 1 aromatic carbocycles. The van der Waals surface area contributed by atoms with E-state index >= 15 is 0 Å². The highest BCUT2D eigenvalue weighted by Crippen LogP contribution is 2.27. The summed E-state index contributed by atoms with van der Waals surface area (Å²) < 4.78 is 13.4. The van der Waals surface area contributed by atoms with Crippen LogP contribution < -0.4 is 20.5 Å². The van der Waals surface area contributed by atoms with Crippen LogP contribution in [0, 0.1) is 0 Å². The molecule has 1 aliphatic heterocycles. The van der Waals surface area contributed by atoms with Gasteiger partial charge in [-0.05, 0) is 30.5 Å². The lowest BCUT2D eigenvalue weighted by molar-refractivity contribution is -0.122. The van der Waals surface area contributed by atoms with Crippen molar-refractivity contribution in [2.45, 2.75) is 45.3 Å². The first-order valence-electron chi connectivity index (χ1n) is 8.76. The summed E-state index contributed by atoms with van der Waals surface area (Å²) in [6.07, 6.45) is 3.90. The fourth-order valence-electron chi connectivity index (χ4n) is 3.11. The quantitative estimate of drug-likeness (QED) is 0.834. The molecule has 1 N–H and O–H groups in total. The average molecular weight is 360 g/mol. The number of hydrogen-bond acceptors (Lipinski definition) is 5. The SMILES string of the molecule is COc1ccc(CNC(=O)Cn2nc3n(c2=O)CCCCC3)cc1OC. The van der Waals surface area contributed by atoms with E-state index in [1.54, 1.807) is 24.9 Å². The Bertz CT molecular complexity index is 840. The molecule has 0 saturated carbocycles. The van der Waals surface area contributed by atoms with E-state index in [0.29, 0.717) is 24.6 Å². The number of methoxy groups -OCH3 is 2. The molecule has 2 heterocycles. The summed E-state index contributed by atoms with van der Waals surface area (Å²) in [5.74, 6) is 1.76. The Balaban J connectivity index is 1.62. The largest absolute Gasteiger partial charge is 0.493 e. The van der Waals surface area contributed by atoms with Crippen LogP contribution in [-0.2, 0) is 30.8 Å². The number of aromatic nitrogens is 3. The van der Waals surface area contributed by atoms with Gasteiger partial charge >= 0.3 is 5.69 Å². The second-order valence-corrected chi connectivity index (χ2v) is 6.28. The van der Waals surface area contributed by atoms with Crippen LogP contribution in [0.5, 0.6) is 11.5 Å². The summed E-state index contributed by atoms with van der Waals surface area (Å²) in [5, 5.41) is 7.14. The topological polar surface area (TPSA) is 87.4 Å². The minimum absolute atomic E-state index is 0.0773. The van der Waals surface area contributed by atoms with Gasteiger partial charge in [-0.25, -0.2) is 9.48 Å². The van der Waals surface area contributed by atoms with Gasteiger partial charge in [-0.1, -0.05) is 12.5 Å². The van der Waals surface area contributed by atoms with Gasteiger partial charge in [0.15, 0.2) is 11.5 Å². The summed E-state index contributed by atoms with van der Waals surface area (Å²) >= 11 is 0. The number of amides is 1. The minimum atomic E-state index is -0.254. The van der Waals surface area contributed by atoms with Crippen molar-refractivity contribution in [1.29, 1.82) is 0 Å². The van der Waals surface area contributed by atoms with Crippen LogP contribution in [0.3, 0.4) is 0 Å². The molecule has 0 fully saturated rings. The van der Waals surface area contributed by atoms with Gasteiger partial charge in [0.1, 0.15) is 12.4 Å². The maximum Gasteiger partial charge on any atom is 0.346 e. The highest BCUT2D eigenvalue weighted by atomic mass is 16.5. The van der Waals surface area contributed by atoms with Crippen LogP contribution in [0.1, 0.15) is 30.7 Å². The lowest BCUT2D eigenvalue weighted by Crippen LogP contribution is -2.33. The van der Waals surface area contributed by atoms with Crippen LogP contribution in [0.15, 0.2) is 23.0 Å². The molecule has 0 atom stereocenters. The molecule has 0 bridgehead atoms. The van der Waals surface area contributed by atoms with E-state index < -0.39 is 0 Å². The zero-order valence-electron chi connectivity index (χ0n) is 15.2. The Labute approximate surface area is 151 Å². The number of hydrogen-bond donors (Lipinski definition) is 1. The van der Waals surface area contributed by atoms with Crippen molar-refractivity contribution in [1.82, 2.24) is 19.7 Å². The van der Waals surface area contributed by atoms with E-state index in [0.717, 1.165) is 37.1 Å². The number of benzene rings is 1. The van der Waals surface area contributed by atoms with Gasteiger partial charge in [0.2, 0.25) is 5.91 Å². The predicted molar refractivity (Wildman–Crippen MR) is 95.4 cm³/mol. The zero-order valence-corrected chi connectivity index (χ0v) is 15.2. The van der Waals surface area contributed by atoms with Crippen molar-refractivity contribution in [3.63, 3.8) is 0 Å². The number of aryl methyl sites for hydroxylation is 1. The highest BCUT2D eigenvalue weighted by molar-refractivity contribution is 5.75. The Morgan fingerprint density at radius 3 is 2.77 bits per heavy atom. The molecule has 8 nitrogen and oxygen atoms in total. The van der Waals surface area contributed by atoms with Gasteiger partial charge in [0.25, 0.3) is 0 Å². The molecular weight excluding hydrogens is 336 g/mol. The van der Waals surface area contributed by atoms with Crippen molar-refractivity contribution in [3.05, 3.63) is 40.1 Å². The molecule has 1 amide bonds. The first-order chi connectivity index (χ1) is 12.6. The number of nitrogens with one attached hydrogen (secondary N) is 1. The lowest BCUT2D eigenvalue weighted by Gasteiger charge is -2.10. The molecule has 1 aliphatic rings. The predicted octanol–water partition coefficient (Wildman–Crippen LogP) is 1.10. The molecule has 0 spiro atoms. The number of ether oxygens (including phenoxy) is 2. The standard InChI is InChI=1S/C18H24N4O4/c1-25-14-8-7-13(10-15(14)26-2)11-19-17(23)12-22-18(24)21-9-5-3-4-6-16(21)20-22/h7-8,10H,3-6,9,11-12H2,1-2H3,(H,19,23). The van der Waals surface area contributed by atoms with E-state index in [4.69, 9.17) is 9.47 Å². The van der Waals surface area contributed by atoms with Crippen molar-refractivity contribution in [3.8, 4) is 11.5 Å². The average Bonchev–Trinajstić information content (AvgIpc) is 2.82. The number of carbonyl (C=O) groups is 1. The summed E-state index contributed by atoms with van der Waals surface area (Å²) in [5.41, 5.74) is 0.673. The van der Waals surface area contributed by atoms with Gasteiger partial charge in [0.05, 0.1) is 14.2 Å². The fraction of sp³-hybridized carbons (Fsp3) is 0.500. The van der Waals surface area contributed by atoms with Gasteiger partial charge in [0, 0.05) is 19.5 Å². The normalized spacial score (nSPS) is 13.6. The highest BCUT2D eigenvalue weighted by Gasteiger charge is 2.17. The summed E-state index contributed by atoms with van der Waals surface area (Å²) in [4.78, 5) is 24.6. The van der Waals surface area contributed by atoms with E-state index in [1.165, 1.54) is 4.68 Å². The third-order valence-electron chi connectivity index (χ3n) is 4.51. The molecule has 0 saturated heterocycles. The molecule has 1 aromatic heterocycles. The molecule has 0 aliphatic carbocycles. The summed E-state index contributed by atoms with van der Waals surface area (Å²) in [6.45, 7) is 0.940. The smallest absolute Gasteiger partial charge is 0.346 e. The second kappa shape index (κ2) is 8.07. The van der Waals surface area contributed by atoms with Crippen molar-refractivity contribution in [2.75, 3.05) is 14.2 Å². The van der Waals surface area contributed by atoms with Crippen molar-refractivity contribution < 1.29 is 14.3 Å². The Morgan fingerprint density at radius 2 is 2.00 bits per heavy atom. The van der Waals surface area contributed by atoms with Crippen molar-refractivity contribution in [2.24, 2.45) is 0 Å². The number of carbonyl (C=O) groups excluding carboxylic acids is 1. The third-order valence-corrected chi connectivity index (χ3v) is 4.51. The Hall–Kier alpha value is -2.77. The number of rotatable bonds is 6. The third kappa shape index (κ3) is 3.89. The monoisotopic (exact) mass is 360 g/mol. The van der Waals surface area contributed by atoms with Crippen LogP contribution in [-0.4, -0.2) is 34.5 Å². The number of fused-ring (bicyclic) bond motifs is 1. The molecule has 8 heteroatoms. The first kappa shape index (κ1) is 18.0. The van der Waals surface area contributed by atoms with Crippen molar-refractivity contribution >= 4 is 5.91 Å². The molecule has 140 valence electrons. The van der Waals surface area contributed by atoms with Gasteiger partial charge in [-0.2, -0.15) is 5.10 Å². The summed E-state index contributed by atoms with van der Waals surface area (Å²) in [7, 11) is 3.14. The summed E-state index contributed by atoms with van der Waals surface area (Å²) in [6, 6.07) is 5.45. The second-order valence-electron chi connectivity index (χ2n) is 6.28. The van der Waals surface area contributed by atoms with E-state index in [9.17, 15) is 9.59 Å². The Kier molecular flexibility index (Phi) is 5.60. The van der Waals surface area contributed by atoms with E-state index in [-0.39, 0.29) is 18.1 Å². The van der Waals surface area contributed by atoms with Crippen LogP contribution in [0.4, 0.5) is 0 Å². The Morgan fingerprint density at radius 1 is 1.19 bits per heavy atom. The van der Waals surface area contributed by atoms with Crippen LogP contribution in [0.25, 0.3) is 0 Å². The maximum absolute atomic E-state index is 12.4. The molecule has 2 aromatic rings. The van der Waals surface area contributed by atoms with Gasteiger partial charge in [-0.3, -0.25) is 9.36 Å². The van der Waals surface area contributed by atoms with E-state index in [1.807, 2.05) is 12.1 Å². The van der Waals surface area contributed by atoms with Crippen LogP contribution >= 0.6 is 0 Å². The minimum Gasteiger partial charge on any atom is -0.493 e. The first-order valence-corrected chi connectivity index (χ1v) is 8.76. The molecule has 26 heavy (non-hydrogen) atoms. The van der Waals surface area contributed by atoms with E-state index in [2.05, 4.69) is 10.4 Å². The van der Waals surface area contributed by atoms with Crippen LogP contribution in [0.2, 0.25) is 0 Å². The zero-order chi connectivity index (χ0) is 18.5. The molecule has 3 rings (SSSR count). The number of nitrogens with zero attached hydrogens (tertiary/aromatic N) is 3.